The Morgan fingerprint density at radius 1 is 1.00 bits per heavy atom. The molecule has 1 aliphatic carbocycles. The van der Waals surface area contributed by atoms with Crippen molar-refractivity contribution in [3.05, 3.63) is 71.5 Å². The van der Waals surface area contributed by atoms with Gasteiger partial charge in [0.15, 0.2) is 0 Å². The van der Waals surface area contributed by atoms with E-state index in [1.54, 1.807) is 6.07 Å². The van der Waals surface area contributed by atoms with E-state index in [4.69, 9.17) is 0 Å². The van der Waals surface area contributed by atoms with Gasteiger partial charge < -0.3 is 10.4 Å². The molecule has 0 aliphatic heterocycles. The van der Waals surface area contributed by atoms with Crippen LogP contribution >= 0.6 is 0 Å². The van der Waals surface area contributed by atoms with Gasteiger partial charge >= 0.3 is 6.18 Å². The summed E-state index contributed by atoms with van der Waals surface area (Å²) < 4.78 is 38.1. The normalized spacial score (nSPS) is 16.2. The van der Waals surface area contributed by atoms with Crippen LogP contribution in [0.1, 0.15) is 16.7 Å². The maximum atomic E-state index is 12.7. The molecule has 27 heavy (non-hydrogen) atoms. The van der Waals surface area contributed by atoms with Gasteiger partial charge in [-0.2, -0.15) is 13.2 Å². The number of anilines is 2. The third-order valence-electron chi connectivity index (χ3n) is 4.61. The van der Waals surface area contributed by atoms with Crippen molar-refractivity contribution in [1.82, 2.24) is 9.97 Å². The van der Waals surface area contributed by atoms with E-state index in [0.717, 1.165) is 28.9 Å². The number of nitrogens with zero attached hydrogens (tertiary/aromatic N) is 2. The Bertz CT molecular complexity index is 971. The lowest BCUT2D eigenvalue weighted by molar-refractivity contribution is -0.137. The van der Waals surface area contributed by atoms with Gasteiger partial charge in [0.2, 0.25) is 0 Å². The van der Waals surface area contributed by atoms with Crippen molar-refractivity contribution in [2.24, 2.45) is 0 Å². The Hall–Kier alpha value is -2.93. The second-order valence-electron chi connectivity index (χ2n) is 6.49. The number of halogens is 3. The van der Waals surface area contributed by atoms with Crippen molar-refractivity contribution in [2.45, 2.75) is 25.1 Å². The zero-order chi connectivity index (χ0) is 19.0. The van der Waals surface area contributed by atoms with Crippen LogP contribution in [0.5, 0.6) is 0 Å². The molecule has 7 heteroatoms. The summed E-state index contributed by atoms with van der Waals surface area (Å²) >= 11 is 0. The van der Waals surface area contributed by atoms with Crippen molar-refractivity contribution in [1.29, 1.82) is 0 Å². The smallest absolute Gasteiger partial charge is 0.392 e. The second kappa shape index (κ2) is 6.66. The zero-order valence-electron chi connectivity index (χ0n) is 14.2. The maximum Gasteiger partial charge on any atom is 0.416 e. The first kappa shape index (κ1) is 17.5. The largest absolute Gasteiger partial charge is 0.416 e. The van der Waals surface area contributed by atoms with Crippen LogP contribution in [0.4, 0.5) is 24.7 Å². The van der Waals surface area contributed by atoms with Crippen molar-refractivity contribution in [2.75, 3.05) is 5.32 Å². The first-order valence-corrected chi connectivity index (χ1v) is 8.46. The highest BCUT2D eigenvalue weighted by Crippen LogP contribution is 2.32. The van der Waals surface area contributed by atoms with Gasteiger partial charge in [-0.1, -0.05) is 24.3 Å². The summed E-state index contributed by atoms with van der Waals surface area (Å²) in [6.45, 7) is 0. The summed E-state index contributed by atoms with van der Waals surface area (Å²) in [5.41, 5.74) is 3.42. The molecule has 0 spiro atoms. The van der Waals surface area contributed by atoms with E-state index in [9.17, 15) is 18.3 Å². The molecular weight excluding hydrogens is 355 g/mol. The fourth-order valence-corrected chi connectivity index (χ4v) is 3.30. The van der Waals surface area contributed by atoms with Crippen LogP contribution in [0.2, 0.25) is 0 Å². The molecule has 3 aromatic rings. The van der Waals surface area contributed by atoms with Crippen LogP contribution in [-0.4, -0.2) is 21.2 Å². The molecule has 4 rings (SSSR count). The van der Waals surface area contributed by atoms with E-state index in [0.29, 0.717) is 29.9 Å². The third kappa shape index (κ3) is 3.64. The number of fused-ring (bicyclic) bond motifs is 1. The summed E-state index contributed by atoms with van der Waals surface area (Å²) in [6.07, 6.45) is -2.17. The summed E-state index contributed by atoms with van der Waals surface area (Å²) in [5.74, 6) is 0.537. The Balaban J connectivity index is 1.60. The highest BCUT2D eigenvalue weighted by molar-refractivity contribution is 5.68. The molecule has 0 saturated heterocycles. The van der Waals surface area contributed by atoms with Crippen LogP contribution in [0.15, 0.2) is 54.9 Å². The van der Waals surface area contributed by atoms with Gasteiger partial charge in [0.1, 0.15) is 12.1 Å². The highest BCUT2D eigenvalue weighted by atomic mass is 19.4. The summed E-state index contributed by atoms with van der Waals surface area (Å²) in [5, 5.41) is 13.1. The van der Waals surface area contributed by atoms with Crippen molar-refractivity contribution >= 4 is 11.5 Å². The maximum absolute atomic E-state index is 12.7. The first-order chi connectivity index (χ1) is 12.9. The van der Waals surface area contributed by atoms with Crippen LogP contribution in [0, 0.1) is 0 Å². The quantitative estimate of drug-likeness (QED) is 0.718. The van der Waals surface area contributed by atoms with E-state index in [1.165, 1.54) is 18.5 Å². The van der Waals surface area contributed by atoms with E-state index in [2.05, 4.69) is 15.3 Å². The molecule has 1 atom stereocenters. The highest BCUT2D eigenvalue weighted by Gasteiger charge is 2.30. The minimum atomic E-state index is -4.37. The Labute approximate surface area is 153 Å². The fourth-order valence-electron chi connectivity index (χ4n) is 3.30. The van der Waals surface area contributed by atoms with Crippen molar-refractivity contribution < 1.29 is 18.3 Å². The molecule has 0 radical (unpaired) electrons. The lowest BCUT2D eigenvalue weighted by Crippen LogP contribution is -2.04. The van der Waals surface area contributed by atoms with E-state index < -0.39 is 11.7 Å². The summed E-state index contributed by atoms with van der Waals surface area (Å²) in [4.78, 5) is 8.35. The molecule has 0 fully saturated rings. The van der Waals surface area contributed by atoms with Crippen LogP contribution in [0.25, 0.3) is 11.3 Å². The lowest BCUT2D eigenvalue weighted by Gasteiger charge is -2.12. The summed E-state index contributed by atoms with van der Waals surface area (Å²) in [7, 11) is 0. The number of aliphatic hydroxyl groups is 1. The molecule has 1 aromatic heterocycles. The van der Waals surface area contributed by atoms with E-state index >= 15 is 0 Å². The van der Waals surface area contributed by atoms with E-state index in [1.807, 2.05) is 18.2 Å². The number of alkyl halides is 3. The van der Waals surface area contributed by atoms with E-state index in [-0.39, 0.29) is 6.10 Å². The number of nitrogens with one attached hydrogen (secondary N) is 1. The van der Waals surface area contributed by atoms with Crippen LogP contribution < -0.4 is 5.32 Å². The summed E-state index contributed by atoms with van der Waals surface area (Å²) in [6, 6.07) is 12.4. The van der Waals surface area contributed by atoms with Crippen LogP contribution in [-0.2, 0) is 19.0 Å². The van der Waals surface area contributed by atoms with Crippen LogP contribution in [0.3, 0.4) is 0 Å². The molecular formula is C20H16F3N3O. The topological polar surface area (TPSA) is 58.0 Å². The number of aromatic nitrogens is 2. The fraction of sp³-hybridized carbons (Fsp3) is 0.200. The molecule has 0 amide bonds. The predicted octanol–water partition coefficient (Wildman–Crippen LogP) is 4.37. The second-order valence-corrected chi connectivity index (χ2v) is 6.49. The minimum Gasteiger partial charge on any atom is -0.392 e. The molecule has 138 valence electrons. The zero-order valence-corrected chi connectivity index (χ0v) is 14.2. The number of hydrogen-bond donors (Lipinski definition) is 2. The van der Waals surface area contributed by atoms with Gasteiger partial charge in [-0.15, -0.1) is 0 Å². The first-order valence-electron chi connectivity index (χ1n) is 8.46. The standard InChI is InChI=1S/C20H16F3N3O/c21-20(22,23)14-6-4-12(5-7-14)18-10-19(25-11-24-18)26-17-3-1-2-13-8-15(27)9-16(13)17/h1-7,10-11,15,27H,8-9H2,(H,24,25,26)/t15-/m0/s1. The molecule has 0 saturated carbocycles. The minimum absolute atomic E-state index is 0.379. The average molecular weight is 371 g/mol. The molecule has 2 N–H and O–H groups in total. The van der Waals surface area contributed by atoms with Crippen molar-refractivity contribution in [3.8, 4) is 11.3 Å². The van der Waals surface area contributed by atoms with Gasteiger partial charge in [0, 0.05) is 23.7 Å². The van der Waals surface area contributed by atoms with Crippen molar-refractivity contribution in [3.63, 3.8) is 0 Å². The number of rotatable bonds is 3. The molecule has 0 bridgehead atoms. The molecule has 1 heterocycles. The Morgan fingerprint density at radius 3 is 2.52 bits per heavy atom. The molecule has 1 aliphatic rings. The number of aliphatic hydroxyl groups excluding tert-OH is 1. The van der Waals surface area contributed by atoms with Gasteiger partial charge in [0.25, 0.3) is 0 Å². The predicted molar refractivity (Wildman–Crippen MR) is 95.6 cm³/mol. The van der Waals surface area contributed by atoms with Gasteiger partial charge in [-0.25, -0.2) is 9.97 Å². The van der Waals surface area contributed by atoms with Gasteiger partial charge in [-0.3, -0.25) is 0 Å². The molecule has 2 aromatic carbocycles. The Morgan fingerprint density at radius 2 is 1.78 bits per heavy atom. The number of benzene rings is 2. The average Bonchev–Trinajstić information content (AvgIpc) is 3.03. The monoisotopic (exact) mass is 371 g/mol. The Kier molecular flexibility index (Phi) is 4.31. The number of hydrogen-bond acceptors (Lipinski definition) is 4. The SMILES string of the molecule is O[C@H]1Cc2cccc(Nc3cc(-c4ccc(C(F)(F)F)cc4)ncn3)c2C1. The molecule has 4 nitrogen and oxygen atoms in total. The van der Waals surface area contributed by atoms with Gasteiger partial charge in [-0.05, 0) is 35.7 Å². The lowest BCUT2D eigenvalue weighted by atomic mass is 10.1. The molecule has 0 unspecified atom stereocenters. The third-order valence-corrected chi connectivity index (χ3v) is 4.61. The van der Waals surface area contributed by atoms with Gasteiger partial charge in [0.05, 0.1) is 17.4 Å².